The first-order valence-electron chi connectivity index (χ1n) is 9.41. The zero-order valence-electron chi connectivity index (χ0n) is 17.2. The van der Waals surface area contributed by atoms with Crippen LogP contribution in [0.3, 0.4) is 0 Å². The highest BCUT2D eigenvalue weighted by atomic mass is 16.5. The van der Waals surface area contributed by atoms with Crippen LogP contribution < -0.4 is 9.80 Å². The van der Waals surface area contributed by atoms with Crippen molar-refractivity contribution < 1.29 is 9.26 Å². The van der Waals surface area contributed by atoms with Crippen molar-refractivity contribution in [2.45, 2.75) is 51.6 Å². The van der Waals surface area contributed by atoms with Gasteiger partial charge in [0.1, 0.15) is 11.6 Å². The highest BCUT2D eigenvalue weighted by Crippen LogP contribution is 2.30. The molecule has 1 saturated heterocycles. The van der Waals surface area contributed by atoms with Crippen LogP contribution in [0.1, 0.15) is 56.9 Å². The standard InChI is InChI=1S/C19H30N6O2/c1-19(2,3)17-20-14(12-26-6)10-15(21-17)25-9-7-8-13(11-25)16-22-18(23-27-16)24(4)5/h10,13H,7-9,11-12H2,1-6H3. The van der Waals surface area contributed by atoms with Gasteiger partial charge in [-0.3, -0.25) is 0 Å². The molecule has 1 unspecified atom stereocenters. The fourth-order valence-electron chi connectivity index (χ4n) is 3.16. The van der Waals surface area contributed by atoms with Gasteiger partial charge in [-0.1, -0.05) is 20.8 Å². The van der Waals surface area contributed by atoms with E-state index < -0.39 is 0 Å². The number of hydrogen-bond donors (Lipinski definition) is 0. The third-order valence-corrected chi connectivity index (χ3v) is 4.65. The summed E-state index contributed by atoms with van der Waals surface area (Å²) in [5.41, 5.74) is 0.781. The number of nitrogens with zero attached hydrogens (tertiary/aromatic N) is 6. The molecule has 0 aliphatic carbocycles. The average molecular weight is 374 g/mol. The Balaban J connectivity index is 1.85. The van der Waals surface area contributed by atoms with Gasteiger partial charge in [-0.2, -0.15) is 4.98 Å². The van der Waals surface area contributed by atoms with E-state index in [0.717, 1.165) is 43.3 Å². The molecule has 0 N–H and O–H groups in total. The van der Waals surface area contributed by atoms with Crippen LogP contribution in [0.2, 0.25) is 0 Å². The maximum absolute atomic E-state index is 5.51. The van der Waals surface area contributed by atoms with Gasteiger partial charge in [-0.15, -0.1) is 0 Å². The van der Waals surface area contributed by atoms with Gasteiger partial charge < -0.3 is 19.1 Å². The summed E-state index contributed by atoms with van der Waals surface area (Å²) in [4.78, 5) is 18.2. The van der Waals surface area contributed by atoms with Crippen molar-refractivity contribution in [1.82, 2.24) is 20.1 Å². The van der Waals surface area contributed by atoms with Crippen molar-refractivity contribution in [2.75, 3.05) is 44.1 Å². The maximum Gasteiger partial charge on any atom is 0.265 e. The number of hydrogen-bond acceptors (Lipinski definition) is 8. The molecule has 0 spiro atoms. The van der Waals surface area contributed by atoms with Gasteiger partial charge in [0.25, 0.3) is 5.95 Å². The first-order chi connectivity index (χ1) is 12.8. The van der Waals surface area contributed by atoms with Crippen LogP contribution in [0, 0.1) is 0 Å². The molecule has 27 heavy (non-hydrogen) atoms. The third kappa shape index (κ3) is 4.55. The van der Waals surface area contributed by atoms with Crippen LogP contribution in [-0.4, -0.2) is 54.4 Å². The molecule has 1 fully saturated rings. The van der Waals surface area contributed by atoms with Gasteiger partial charge >= 0.3 is 0 Å². The minimum absolute atomic E-state index is 0.124. The van der Waals surface area contributed by atoms with Crippen molar-refractivity contribution in [2.24, 2.45) is 0 Å². The van der Waals surface area contributed by atoms with Gasteiger partial charge in [0, 0.05) is 45.8 Å². The second kappa shape index (κ2) is 7.80. The van der Waals surface area contributed by atoms with E-state index in [1.807, 2.05) is 25.1 Å². The largest absolute Gasteiger partial charge is 0.378 e. The minimum atomic E-state index is -0.124. The van der Waals surface area contributed by atoms with Crippen LogP contribution in [0.4, 0.5) is 11.8 Å². The molecule has 2 aromatic rings. The lowest BCUT2D eigenvalue weighted by Gasteiger charge is -2.33. The second-order valence-corrected chi connectivity index (χ2v) is 8.34. The normalized spacial score (nSPS) is 18.0. The second-order valence-electron chi connectivity index (χ2n) is 8.34. The Morgan fingerprint density at radius 3 is 2.67 bits per heavy atom. The van der Waals surface area contributed by atoms with E-state index in [4.69, 9.17) is 14.2 Å². The van der Waals surface area contributed by atoms with E-state index in [0.29, 0.717) is 18.4 Å². The molecule has 148 valence electrons. The summed E-state index contributed by atoms with van der Waals surface area (Å²) in [5, 5.41) is 4.05. The molecule has 0 bridgehead atoms. The Hall–Kier alpha value is -2.22. The highest BCUT2D eigenvalue weighted by molar-refractivity contribution is 5.42. The Morgan fingerprint density at radius 1 is 1.26 bits per heavy atom. The predicted molar refractivity (Wildman–Crippen MR) is 104 cm³/mol. The molecule has 3 rings (SSSR count). The average Bonchev–Trinajstić information content (AvgIpc) is 3.12. The zero-order valence-corrected chi connectivity index (χ0v) is 17.2. The number of anilines is 2. The molecule has 0 radical (unpaired) electrons. The van der Waals surface area contributed by atoms with E-state index >= 15 is 0 Å². The lowest BCUT2D eigenvalue weighted by molar-refractivity contribution is 0.181. The summed E-state index contributed by atoms with van der Waals surface area (Å²) in [6, 6.07) is 2.03. The van der Waals surface area contributed by atoms with Gasteiger partial charge in [0.15, 0.2) is 0 Å². The van der Waals surface area contributed by atoms with E-state index in [1.165, 1.54) is 0 Å². The summed E-state index contributed by atoms with van der Waals surface area (Å²) < 4.78 is 10.8. The van der Waals surface area contributed by atoms with Crippen molar-refractivity contribution >= 4 is 11.8 Å². The number of piperidine rings is 1. The van der Waals surface area contributed by atoms with E-state index in [1.54, 1.807) is 7.11 Å². The van der Waals surface area contributed by atoms with Crippen LogP contribution in [0.5, 0.6) is 0 Å². The van der Waals surface area contributed by atoms with Gasteiger partial charge in [-0.25, -0.2) is 9.97 Å². The number of aromatic nitrogens is 4. The monoisotopic (exact) mass is 374 g/mol. The van der Waals surface area contributed by atoms with Crippen LogP contribution in [0.25, 0.3) is 0 Å². The summed E-state index contributed by atoms with van der Waals surface area (Å²) in [7, 11) is 5.51. The van der Waals surface area contributed by atoms with Crippen LogP contribution in [-0.2, 0) is 16.8 Å². The molecule has 2 aromatic heterocycles. The molecule has 0 aromatic carbocycles. The smallest absolute Gasteiger partial charge is 0.265 e. The predicted octanol–water partition coefficient (Wildman–Crippen LogP) is 2.75. The first kappa shape index (κ1) is 19.5. The number of rotatable bonds is 5. The highest BCUT2D eigenvalue weighted by Gasteiger charge is 2.28. The van der Waals surface area contributed by atoms with Crippen molar-refractivity contribution in [3.63, 3.8) is 0 Å². The van der Waals surface area contributed by atoms with Gasteiger partial charge in [-0.05, 0) is 18.0 Å². The van der Waals surface area contributed by atoms with E-state index in [2.05, 4.69) is 40.8 Å². The molecule has 3 heterocycles. The topological polar surface area (TPSA) is 80.4 Å². The number of ether oxygens (including phenoxy) is 1. The molecular formula is C19H30N6O2. The quantitative estimate of drug-likeness (QED) is 0.790. The SMILES string of the molecule is COCc1cc(N2CCCC(c3nc(N(C)C)no3)C2)nc(C(C)(C)C)n1. The number of methoxy groups -OCH3 is 1. The van der Waals surface area contributed by atoms with Crippen LogP contribution >= 0.6 is 0 Å². The van der Waals surface area contributed by atoms with Crippen molar-refractivity contribution in [3.8, 4) is 0 Å². The molecule has 8 heteroatoms. The molecule has 1 aliphatic heterocycles. The molecule has 1 atom stereocenters. The summed E-state index contributed by atoms with van der Waals surface area (Å²) in [5.74, 6) is 3.30. The Labute approximate surface area is 160 Å². The minimum Gasteiger partial charge on any atom is -0.378 e. The Morgan fingerprint density at radius 2 is 2.04 bits per heavy atom. The zero-order chi connectivity index (χ0) is 19.6. The maximum atomic E-state index is 5.51. The lowest BCUT2D eigenvalue weighted by atomic mass is 9.95. The van der Waals surface area contributed by atoms with Gasteiger partial charge in [0.05, 0.1) is 18.2 Å². The Kier molecular flexibility index (Phi) is 5.64. The summed E-state index contributed by atoms with van der Waals surface area (Å²) >= 11 is 0. The Bertz CT molecular complexity index is 768. The van der Waals surface area contributed by atoms with Crippen molar-refractivity contribution in [3.05, 3.63) is 23.5 Å². The first-order valence-corrected chi connectivity index (χ1v) is 9.41. The summed E-state index contributed by atoms with van der Waals surface area (Å²) in [6.07, 6.45) is 2.09. The van der Waals surface area contributed by atoms with Crippen LogP contribution in [0.15, 0.2) is 10.6 Å². The van der Waals surface area contributed by atoms with E-state index in [-0.39, 0.29) is 11.3 Å². The summed E-state index contributed by atoms with van der Waals surface area (Å²) in [6.45, 7) is 8.63. The molecule has 0 saturated carbocycles. The molecular weight excluding hydrogens is 344 g/mol. The van der Waals surface area contributed by atoms with Gasteiger partial charge in [0.2, 0.25) is 5.89 Å². The molecule has 8 nitrogen and oxygen atoms in total. The lowest BCUT2D eigenvalue weighted by Crippen LogP contribution is -2.36. The fourth-order valence-corrected chi connectivity index (χ4v) is 3.16. The molecule has 0 amide bonds. The van der Waals surface area contributed by atoms with Crippen molar-refractivity contribution in [1.29, 1.82) is 0 Å². The fraction of sp³-hybridized carbons (Fsp3) is 0.684. The van der Waals surface area contributed by atoms with E-state index in [9.17, 15) is 0 Å². The molecule has 1 aliphatic rings. The third-order valence-electron chi connectivity index (χ3n) is 4.65.